The first-order valence-electron chi connectivity index (χ1n) is 10.0. The predicted molar refractivity (Wildman–Crippen MR) is 121 cm³/mol. The van der Waals surface area contributed by atoms with E-state index in [1.54, 1.807) is 38.1 Å². The van der Waals surface area contributed by atoms with Crippen molar-refractivity contribution < 1.29 is 17.7 Å². The maximum Gasteiger partial charge on any atom is 0.270 e. The van der Waals surface area contributed by atoms with Crippen LogP contribution in [0.25, 0.3) is 0 Å². The van der Waals surface area contributed by atoms with E-state index < -0.39 is 15.9 Å². The van der Waals surface area contributed by atoms with E-state index in [1.165, 1.54) is 0 Å². The summed E-state index contributed by atoms with van der Waals surface area (Å²) in [5, 5.41) is 6.53. The summed E-state index contributed by atoms with van der Waals surface area (Å²) in [6, 6.07) is 14.5. The molecule has 1 heterocycles. The van der Waals surface area contributed by atoms with Gasteiger partial charge in [0.15, 0.2) is 10.7 Å². The highest BCUT2D eigenvalue weighted by atomic mass is 32.2. The summed E-state index contributed by atoms with van der Waals surface area (Å²) in [6.45, 7) is 8.78. The SMILES string of the molecule is Cc1ccc(NC(=O)CN(c2ccc(C(C)C)cc2)S(=O)(=O)c2c(C)noc2C)cc1. The number of carbonyl (C=O) groups is 1. The Morgan fingerprint density at radius 1 is 1.03 bits per heavy atom. The molecule has 8 heteroatoms. The first-order valence-corrected chi connectivity index (χ1v) is 11.5. The molecule has 0 aliphatic carbocycles. The van der Waals surface area contributed by atoms with Gasteiger partial charge in [-0.1, -0.05) is 48.8 Å². The highest BCUT2D eigenvalue weighted by Gasteiger charge is 2.32. The number of amides is 1. The Labute approximate surface area is 183 Å². The van der Waals surface area contributed by atoms with Gasteiger partial charge in [0, 0.05) is 5.69 Å². The zero-order chi connectivity index (χ0) is 22.8. The van der Waals surface area contributed by atoms with Crippen LogP contribution in [0.2, 0.25) is 0 Å². The van der Waals surface area contributed by atoms with Crippen LogP contribution < -0.4 is 9.62 Å². The summed E-state index contributed by atoms with van der Waals surface area (Å²) in [6.07, 6.45) is 0. The van der Waals surface area contributed by atoms with Crippen molar-refractivity contribution >= 4 is 27.3 Å². The fourth-order valence-corrected chi connectivity index (χ4v) is 4.98. The lowest BCUT2D eigenvalue weighted by atomic mass is 10.0. The molecule has 31 heavy (non-hydrogen) atoms. The lowest BCUT2D eigenvalue weighted by molar-refractivity contribution is -0.114. The molecule has 0 radical (unpaired) electrons. The van der Waals surface area contributed by atoms with E-state index in [4.69, 9.17) is 4.52 Å². The van der Waals surface area contributed by atoms with E-state index in [1.807, 2.05) is 31.2 Å². The normalized spacial score (nSPS) is 11.5. The first-order chi connectivity index (χ1) is 14.6. The van der Waals surface area contributed by atoms with E-state index in [0.717, 1.165) is 15.4 Å². The molecular weight excluding hydrogens is 414 g/mol. The van der Waals surface area contributed by atoms with Gasteiger partial charge in [-0.15, -0.1) is 0 Å². The second-order valence-electron chi connectivity index (χ2n) is 7.83. The quantitative estimate of drug-likeness (QED) is 0.580. The Balaban J connectivity index is 1.97. The molecule has 2 aromatic carbocycles. The predicted octanol–water partition coefficient (Wildman–Crippen LogP) is 4.56. The van der Waals surface area contributed by atoms with Crippen LogP contribution >= 0.6 is 0 Å². The molecular formula is C23H27N3O4S. The van der Waals surface area contributed by atoms with E-state index in [9.17, 15) is 13.2 Å². The molecule has 0 saturated heterocycles. The number of nitrogens with zero attached hydrogens (tertiary/aromatic N) is 2. The third kappa shape index (κ3) is 4.96. The second-order valence-corrected chi connectivity index (χ2v) is 9.62. The number of benzene rings is 2. The van der Waals surface area contributed by atoms with Gasteiger partial charge in [0.05, 0.1) is 5.69 Å². The van der Waals surface area contributed by atoms with Crippen molar-refractivity contribution in [2.24, 2.45) is 0 Å². The molecule has 0 atom stereocenters. The summed E-state index contributed by atoms with van der Waals surface area (Å²) < 4.78 is 33.2. The molecule has 1 aromatic heterocycles. The average Bonchev–Trinajstić information content (AvgIpc) is 3.06. The number of anilines is 2. The van der Waals surface area contributed by atoms with E-state index >= 15 is 0 Å². The van der Waals surface area contributed by atoms with Gasteiger partial charge in [-0.25, -0.2) is 8.42 Å². The van der Waals surface area contributed by atoms with Crippen molar-refractivity contribution in [3.05, 3.63) is 71.1 Å². The summed E-state index contributed by atoms with van der Waals surface area (Å²) in [5.74, 6) is 0.0267. The summed E-state index contributed by atoms with van der Waals surface area (Å²) in [5.41, 5.74) is 3.37. The molecule has 0 fully saturated rings. The van der Waals surface area contributed by atoms with Crippen LogP contribution in [0, 0.1) is 20.8 Å². The van der Waals surface area contributed by atoms with Crippen LogP contribution in [0.5, 0.6) is 0 Å². The fourth-order valence-electron chi connectivity index (χ4n) is 3.26. The molecule has 0 aliphatic rings. The standard InChI is InChI=1S/C23H27N3O4S/c1-15(2)19-8-12-21(13-9-19)26(31(28,29)23-17(4)25-30-18(23)5)14-22(27)24-20-10-6-16(3)7-11-20/h6-13,15H,14H2,1-5H3,(H,24,27). The van der Waals surface area contributed by atoms with E-state index in [0.29, 0.717) is 17.3 Å². The van der Waals surface area contributed by atoms with Crippen LogP contribution in [0.3, 0.4) is 0 Å². The molecule has 0 saturated carbocycles. The Kier molecular flexibility index (Phi) is 6.50. The van der Waals surface area contributed by atoms with Gasteiger partial charge >= 0.3 is 0 Å². The largest absolute Gasteiger partial charge is 0.360 e. The third-order valence-electron chi connectivity index (χ3n) is 4.99. The monoisotopic (exact) mass is 441 g/mol. The number of sulfonamides is 1. The lowest BCUT2D eigenvalue weighted by Crippen LogP contribution is -2.38. The van der Waals surface area contributed by atoms with Gasteiger partial charge in [0.25, 0.3) is 10.0 Å². The van der Waals surface area contributed by atoms with Gasteiger partial charge in [-0.05, 0) is 56.5 Å². The van der Waals surface area contributed by atoms with Gasteiger partial charge in [0.2, 0.25) is 5.91 Å². The highest BCUT2D eigenvalue weighted by Crippen LogP contribution is 2.29. The number of carbonyl (C=O) groups excluding carboxylic acids is 1. The molecule has 164 valence electrons. The maximum atomic E-state index is 13.5. The molecule has 0 unspecified atom stereocenters. The van der Waals surface area contributed by atoms with Crippen LogP contribution in [0.1, 0.15) is 42.3 Å². The number of aryl methyl sites for hydroxylation is 3. The zero-order valence-electron chi connectivity index (χ0n) is 18.3. The van der Waals surface area contributed by atoms with Crippen LogP contribution in [0.4, 0.5) is 11.4 Å². The summed E-state index contributed by atoms with van der Waals surface area (Å²) >= 11 is 0. The van der Waals surface area contributed by atoms with E-state index in [2.05, 4.69) is 24.3 Å². The van der Waals surface area contributed by atoms with Crippen molar-refractivity contribution in [1.82, 2.24) is 5.16 Å². The molecule has 1 amide bonds. The Hall–Kier alpha value is -3.13. The minimum atomic E-state index is -4.08. The van der Waals surface area contributed by atoms with E-state index in [-0.39, 0.29) is 22.9 Å². The second kappa shape index (κ2) is 8.93. The fraction of sp³-hybridized carbons (Fsp3) is 0.304. The van der Waals surface area contributed by atoms with Gasteiger partial charge < -0.3 is 9.84 Å². The molecule has 3 rings (SSSR count). The summed E-state index contributed by atoms with van der Waals surface area (Å²) in [7, 11) is -4.08. The lowest BCUT2D eigenvalue weighted by Gasteiger charge is -2.24. The zero-order valence-corrected chi connectivity index (χ0v) is 19.2. The van der Waals surface area contributed by atoms with Gasteiger partial charge in [0.1, 0.15) is 12.2 Å². The number of hydrogen-bond acceptors (Lipinski definition) is 5. The first kappa shape index (κ1) is 22.6. The van der Waals surface area contributed by atoms with Crippen molar-refractivity contribution in [2.75, 3.05) is 16.2 Å². The maximum absolute atomic E-state index is 13.5. The number of rotatable bonds is 7. The van der Waals surface area contributed by atoms with Crippen molar-refractivity contribution in [3.8, 4) is 0 Å². The minimum absolute atomic E-state index is 0.0245. The third-order valence-corrected chi connectivity index (χ3v) is 7.01. The van der Waals surface area contributed by atoms with Crippen molar-refractivity contribution in [2.45, 2.75) is 45.4 Å². The Morgan fingerprint density at radius 3 is 2.16 bits per heavy atom. The summed E-state index contributed by atoms with van der Waals surface area (Å²) in [4.78, 5) is 12.8. The van der Waals surface area contributed by atoms with Crippen LogP contribution in [-0.4, -0.2) is 26.0 Å². The average molecular weight is 442 g/mol. The van der Waals surface area contributed by atoms with Crippen LogP contribution in [-0.2, 0) is 14.8 Å². The number of hydrogen-bond donors (Lipinski definition) is 1. The molecule has 1 N–H and O–H groups in total. The van der Waals surface area contributed by atoms with Gasteiger partial charge in [-0.2, -0.15) is 0 Å². The van der Waals surface area contributed by atoms with Crippen LogP contribution in [0.15, 0.2) is 57.9 Å². The van der Waals surface area contributed by atoms with Crippen molar-refractivity contribution in [1.29, 1.82) is 0 Å². The minimum Gasteiger partial charge on any atom is -0.360 e. The Morgan fingerprint density at radius 2 is 1.65 bits per heavy atom. The Bertz CT molecular complexity index is 1150. The number of nitrogens with one attached hydrogen (secondary N) is 1. The molecule has 0 aliphatic heterocycles. The topological polar surface area (TPSA) is 92.5 Å². The molecule has 0 bridgehead atoms. The highest BCUT2D eigenvalue weighted by molar-refractivity contribution is 7.93. The van der Waals surface area contributed by atoms with Crippen molar-refractivity contribution in [3.63, 3.8) is 0 Å². The van der Waals surface area contributed by atoms with Gasteiger partial charge in [-0.3, -0.25) is 9.10 Å². The number of aromatic nitrogens is 1. The molecule has 3 aromatic rings. The molecule has 7 nitrogen and oxygen atoms in total. The smallest absolute Gasteiger partial charge is 0.270 e. The molecule has 0 spiro atoms.